The van der Waals surface area contributed by atoms with Crippen molar-refractivity contribution in [2.75, 3.05) is 45.3 Å². The van der Waals surface area contributed by atoms with E-state index < -0.39 is 101 Å². The predicted molar refractivity (Wildman–Crippen MR) is 213 cm³/mol. The molecule has 57 heavy (non-hydrogen) atoms. The Morgan fingerprint density at radius 3 is 2.21 bits per heavy atom. The van der Waals surface area contributed by atoms with Crippen molar-refractivity contribution >= 4 is 64.9 Å². The lowest BCUT2D eigenvalue weighted by Crippen LogP contribution is -2.58. The number of ketones is 1. The summed E-state index contributed by atoms with van der Waals surface area (Å²) in [6.07, 6.45) is -0.164. The summed E-state index contributed by atoms with van der Waals surface area (Å²) in [5.41, 5.74) is 0.525. The number of amides is 6. The van der Waals surface area contributed by atoms with Crippen LogP contribution < -0.4 is 21.3 Å². The second kappa shape index (κ2) is 20.7. The van der Waals surface area contributed by atoms with Crippen molar-refractivity contribution < 1.29 is 47.1 Å². The van der Waals surface area contributed by atoms with Gasteiger partial charge in [-0.1, -0.05) is 57.5 Å². The van der Waals surface area contributed by atoms with Crippen LogP contribution in [0, 0.1) is 11.8 Å². The predicted octanol–water partition coefficient (Wildman–Crippen LogP) is 3.65. The Morgan fingerprint density at radius 1 is 0.965 bits per heavy atom. The van der Waals surface area contributed by atoms with Gasteiger partial charge in [0.25, 0.3) is 5.91 Å². The number of nitrogens with zero attached hydrogens (tertiary/aromatic N) is 2. The van der Waals surface area contributed by atoms with Crippen molar-refractivity contribution in [3.05, 3.63) is 35.9 Å². The van der Waals surface area contributed by atoms with E-state index in [9.17, 15) is 42.3 Å². The van der Waals surface area contributed by atoms with E-state index in [1.165, 1.54) is 9.80 Å². The number of carbonyl (C=O) groups is 7. The van der Waals surface area contributed by atoms with E-state index in [4.69, 9.17) is 4.74 Å². The maximum Gasteiger partial charge on any atom is 0.407 e. The molecule has 1 saturated carbocycles. The first kappa shape index (κ1) is 45.8. The molecule has 1 aliphatic carbocycles. The molecule has 0 bridgehead atoms. The monoisotopic (exact) mass is 838 g/mol. The average Bonchev–Trinajstić information content (AvgIpc) is 3.55. The van der Waals surface area contributed by atoms with Crippen LogP contribution in [0.4, 0.5) is 13.6 Å². The molecule has 2 saturated heterocycles. The Kier molecular flexibility index (Phi) is 16.6. The van der Waals surface area contributed by atoms with Gasteiger partial charge in [-0.3, -0.25) is 28.8 Å². The third-order valence-corrected chi connectivity index (χ3v) is 13.5. The number of halogens is 2. The number of likely N-dealkylation sites (N-methyl/N-ethyl adjacent to an activating group) is 1. The number of carbonyl (C=O) groups excluding carboxylic acids is 7. The molecule has 14 nitrogen and oxygen atoms in total. The fraction of sp³-hybridized carbons (Fsp3) is 0.667. The number of hydrogen-bond acceptors (Lipinski definition) is 10. The van der Waals surface area contributed by atoms with Crippen LogP contribution in [0.3, 0.4) is 0 Å². The molecule has 0 aromatic heterocycles. The molecular formula is C39H56F2N6O8S2. The number of benzene rings is 1. The molecule has 1 aromatic rings. The molecule has 2 aliphatic heterocycles. The number of Topliss-reactive ketones (excluding diaryl/α,β-unsaturated/α-hetero) is 1. The molecule has 1 spiro atoms. The Balaban J connectivity index is 1.49. The first-order valence-corrected chi connectivity index (χ1v) is 21.5. The third kappa shape index (κ3) is 12.8. The molecular weight excluding hydrogens is 783 g/mol. The average molecular weight is 839 g/mol. The van der Waals surface area contributed by atoms with Gasteiger partial charge in [0.1, 0.15) is 18.1 Å². The van der Waals surface area contributed by atoms with Gasteiger partial charge in [-0.25, -0.2) is 13.6 Å². The number of alkyl carbamates (subject to hydrolysis) is 1. The third-order valence-electron chi connectivity index (χ3n) is 10.2. The van der Waals surface area contributed by atoms with Crippen LogP contribution in [0.2, 0.25) is 0 Å². The molecule has 3 aliphatic rings. The number of nitrogens with one attached hydrogen (secondary N) is 4. The summed E-state index contributed by atoms with van der Waals surface area (Å²) in [7, 11) is 3.09. The molecule has 3 fully saturated rings. The maximum atomic E-state index is 14.5. The van der Waals surface area contributed by atoms with E-state index in [1.54, 1.807) is 74.9 Å². The summed E-state index contributed by atoms with van der Waals surface area (Å²) in [5, 5.41) is 10.2. The van der Waals surface area contributed by atoms with Crippen molar-refractivity contribution in [2.45, 2.75) is 106 Å². The number of hydrogen-bond donors (Lipinski definition) is 4. The zero-order valence-electron chi connectivity index (χ0n) is 33.3. The van der Waals surface area contributed by atoms with Gasteiger partial charge in [-0.05, 0) is 54.6 Å². The second-order valence-electron chi connectivity index (χ2n) is 15.5. The normalized spacial score (nSPS) is 20.5. The van der Waals surface area contributed by atoms with Gasteiger partial charge >= 0.3 is 6.09 Å². The van der Waals surface area contributed by atoms with Crippen molar-refractivity contribution in [1.82, 2.24) is 31.1 Å². The van der Waals surface area contributed by atoms with E-state index in [0.29, 0.717) is 12.0 Å². The Bertz CT molecular complexity index is 1600. The molecule has 4 N–H and O–H groups in total. The highest BCUT2D eigenvalue weighted by Gasteiger charge is 2.53. The zero-order valence-corrected chi connectivity index (χ0v) is 34.9. The van der Waals surface area contributed by atoms with E-state index >= 15 is 0 Å². The van der Waals surface area contributed by atoms with Crippen molar-refractivity contribution in [2.24, 2.45) is 11.8 Å². The van der Waals surface area contributed by atoms with Crippen LogP contribution in [0.15, 0.2) is 30.3 Å². The quantitative estimate of drug-likeness (QED) is 0.180. The van der Waals surface area contributed by atoms with Crippen LogP contribution >= 0.6 is 23.5 Å². The lowest BCUT2D eigenvalue weighted by molar-refractivity contribution is -0.144. The smallest absolute Gasteiger partial charge is 0.407 e. The summed E-state index contributed by atoms with van der Waals surface area (Å²) < 4.78 is 33.2. The molecule has 6 amide bonds. The second-order valence-corrected chi connectivity index (χ2v) is 18.7. The lowest BCUT2D eigenvalue weighted by Gasteiger charge is -2.37. The lowest BCUT2D eigenvalue weighted by atomic mass is 9.81. The first-order valence-electron chi connectivity index (χ1n) is 19.5. The minimum atomic E-state index is -2.88. The van der Waals surface area contributed by atoms with Gasteiger partial charge < -0.3 is 35.8 Å². The SMILES string of the molecule is CCCC(NC(=O)[C@@H]1CC2(CN1C(=O)C(NC(=O)OCC(C)C)C1CCC(F)(F)CC1)SCCCS2)C(=O)C(=O)NCC(=O)NC(C(=O)N(C)C)c1ccccc1. The van der Waals surface area contributed by atoms with Crippen LogP contribution in [0.1, 0.15) is 83.7 Å². The molecule has 2 heterocycles. The summed E-state index contributed by atoms with van der Waals surface area (Å²) in [6, 6.07) is 3.89. The van der Waals surface area contributed by atoms with Crippen molar-refractivity contribution in [1.29, 1.82) is 0 Å². The number of likely N-dealkylation sites (tertiary alicyclic amines) is 1. The molecule has 18 heteroatoms. The summed E-state index contributed by atoms with van der Waals surface area (Å²) >= 11 is 3.26. The van der Waals surface area contributed by atoms with E-state index in [-0.39, 0.29) is 44.8 Å². The van der Waals surface area contributed by atoms with Gasteiger partial charge in [-0.2, -0.15) is 0 Å². The molecule has 1 aromatic carbocycles. The molecule has 4 rings (SSSR count). The van der Waals surface area contributed by atoms with E-state index in [0.717, 1.165) is 17.9 Å². The van der Waals surface area contributed by atoms with Crippen LogP contribution in [0.5, 0.6) is 0 Å². The number of alkyl halides is 2. The van der Waals surface area contributed by atoms with Gasteiger partial charge in [0.15, 0.2) is 0 Å². The Morgan fingerprint density at radius 2 is 1.61 bits per heavy atom. The molecule has 316 valence electrons. The molecule has 4 atom stereocenters. The zero-order chi connectivity index (χ0) is 41.9. The van der Waals surface area contributed by atoms with Crippen LogP contribution in [-0.2, 0) is 33.5 Å². The number of rotatable bonds is 16. The summed E-state index contributed by atoms with van der Waals surface area (Å²) in [6.45, 7) is 5.06. The van der Waals surface area contributed by atoms with Gasteiger partial charge in [0.2, 0.25) is 35.3 Å². The molecule has 0 radical (unpaired) electrons. The minimum Gasteiger partial charge on any atom is -0.449 e. The maximum absolute atomic E-state index is 14.5. The largest absolute Gasteiger partial charge is 0.449 e. The first-order chi connectivity index (χ1) is 27.0. The highest BCUT2D eigenvalue weighted by Crippen LogP contribution is 2.51. The van der Waals surface area contributed by atoms with E-state index in [1.807, 2.05) is 13.8 Å². The van der Waals surface area contributed by atoms with Gasteiger partial charge in [-0.15, -0.1) is 23.5 Å². The van der Waals surface area contributed by atoms with Crippen LogP contribution in [-0.4, -0.2) is 125 Å². The highest BCUT2D eigenvalue weighted by atomic mass is 32.2. The summed E-state index contributed by atoms with van der Waals surface area (Å²) in [4.78, 5) is 96.8. The topological polar surface area (TPSA) is 183 Å². The van der Waals surface area contributed by atoms with Gasteiger partial charge in [0, 0.05) is 39.9 Å². The highest BCUT2D eigenvalue weighted by molar-refractivity contribution is 8.18. The van der Waals surface area contributed by atoms with Crippen LogP contribution in [0.25, 0.3) is 0 Å². The standard InChI is InChI=1S/C39H56F2N6O8S2/c1-6-11-27(32(49)34(51)42-21-29(48)44-30(35(52)46(4)5)25-12-8-7-9-13-25)43-33(50)28-20-39(56-18-10-19-57-39)23-47(28)36(53)31(45-37(54)55-22-24(2)3)26-14-16-38(40,41)17-15-26/h7-9,12-13,24,26-28,30-31H,6,10-11,14-23H2,1-5H3,(H,42,51)(H,43,50)(H,44,48)(H,45,54)/t27?,28-,30?,31?/m0/s1. The summed E-state index contributed by atoms with van der Waals surface area (Å²) in [5.74, 6) is -6.42. The Hall–Kier alpha value is -3.93. The fourth-order valence-electron chi connectivity index (χ4n) is 7.13. The Labute approximate surface area is 341 Å². The van der Waals surface area contributed by atoms with Gasteiger partial charge in [0.05, 0.1) is 23.3 Å². The number of thioether (sulfide) groups is 2. The molecule has 3 unspecified atom stereocenters. The minimum absolute atomic E-state index is 0.00825. The van der Waals surface area contributed by atoms with Crippen molar-refractivity contribution in [3.63, 3.8) is 0 Å². The van der Waals surface area contributed by atoms with E-state index in [2.05, 4.69) is 21.3 Å². The number of ether oxygens (including phenoxy) is 1. The fourth-order valence-corrected chi connectivity index (χ4v) is 10.5. The van der Waals surface area contributed by atoms with Crippen molar-refractivity contribution in [3.8, 4) is 0 Å².